The zero-order chi connectivity index (χ0) is 26.1. The monoisotopic (exact) mass is 501 g/mol. The second-order valence-corrected chi connectivity index (χ2v) is 10.1. The van der Waals surface area contributed by atoms with Gasteiger partial charge in [-0.1, -0.05) is 91.0 Å². The van der Waals surface area contributed by atoms with E-state index >= 15 is 0 Å². The summed E-state index contributed by atoms with van der Waals surface area (Å²) in [6.07, 6.45) is 0.0691. The van der Waals surface area contributed by atoms with Crippen LogP contribution in [0.2, 0.25) is 0 Å². The van der Waals surface area contributed by atoms with Gasteiger partial charge < -0.3 is 19.5 Å². The first-order valence-electron chi connectivity index (χ1n) is 13.2. The van der Waals surface area contributed by atoms with Gasteiger partial charge in [0.2, 0.25) is 0 Å². The van der Waals surface area contributed by atoms with E-state index in [1.54, 1.807) is 0 Å². The van der Waals surface area contributed by atoms with Crippen molar-refractivity contribution < 1.29 is 19.0 Å². The lowest BCUT2D eigenvalue weighted by Gasteiger charge is -2.49. The molecule has 4 rings (SSSR count). The summed E-state index contributed by atoms with van der Waals surface area (Å²) in [7, 11) is 0. The summed E-state index contributed by atoms with van der Waals surface area (Å²) in [5.41, 5.74) is 2.62. The number of nitrogens with one attached hydrogen (secondary N) is 1. The van der Waals surface area contributed by atoms with Crippen LogP contribution in [0.5, 0.6) is 0 Å². The quantitative estimate of drug-likeness (QED) is 0.337. The molecule has 0 bridgehead atoms. The van der Waals surface area contributed by atoms with E-state index in [4.69, 9.17) is 14.2 Å². The molecule has 1 aliphatic rings. The largest absolute Gasteiger partial charge is 0.372 e. The number of hydrogen-bond donors (Lipinski definition) is 1. The van der Waals surface area contributed by atoms with Crippen LogP contribution in [0.4, 0.5) is 0 Å². The van der Waals surface area contributed by atoms with Crippen LogP contribution in [-0.2, 0) is 38.8 Å². The topological polar surface area (TPSA) is 56.8 Å². The zero-order valence-corrected chi connectivity index (χ0v) is 22.1. The van der Waals surface area contributed by atoms with Gasteiger partial charge in [-0.15, -0.1) is 0 Å². The van der Waals surface area contributed by atoms with Gasteiger partial charge in [0.15, 0.2) is 0 Å². The summed E-state index contributed by atoms with van der Waals surface area (Å²) in [6, 6.07) is 30.2. The molecule has 4 atom stereocenters. The number of ketones is 1. The van der Waals surface area contributed by atoms with E-state index < -0.39 is 5.54 Å². The Hall–Kier alpha value is -2.83. The first-order chi connectivity index (χ1) is 18.0. The summed E-state index contributed by atoms with van der Waals surface area (Å²) in [5.74, 6) is 0.198. The van der Waals surface area contributed by atoms with Gasteiger partial charge in [0.1, 0.15) is 5.78 Å². The summed E-state index contributed by atoms with van der Waals surface area (Å²) < 4.78 is 19.1. The maximum Gasteiger partial charge on any atom is 0.136 e. The van der Waals surface area contributed by atoms with Crippen LogP contribution in [0.3, 0.4) is 0 Å². The van der Waals surface area contributed by atoms with Crippen molar-refractivity contribution in [3.8, 4) is 0 Å². The highest BCUT2D eigenvalue weighted by molar-refractivity contribution is 5.81. The Morgan fingerprint density at radius 2 is 1.11 bits per heavy atom. The molecule has 0 aromatic heterocycles. The molecule has 1 heterocycles. The van der Waals surface area contributed by atoms with Crippen molar-refractivity contribution in [1.82, 2.24) is 5.32 Å². The maximum absolute atomic E-state index is 13.2. The molecule has 4 unspecified atom stereocenters. The highest BCUT2D eigenvalue weighted by atomic mass is 16.5. The maximum atomic E-state index is 13.2. The van der Waals surface area contributed by atoms with Crippen molar-refractivity contribution in [3.05, 3.63) is 108 Å². The smallest absolute Gasteiger partial charge is 0.136 e. The van der Waals surface area contributed by atoms with Crippen molar-refractivity contribution in [2.75, 3.05) is 0 Å². The Bertz CT molecular complexity index is 1040. The Morgan fingerprint density at radius 3 is 1.54 bits per heavy atom. The molecule has 5 heteroatoms. The van der Waals surface area contributed by atoms with Crippen molar-refractivity contribution in [2.45, 2.75) is 83.3 Å². The van der Waals surface area contributed by atoms with E-state index in [-0.39, 0.29) is 30.1 Å². The molecule has 196 valence electrons. The fourth-order valence-corrected chi connectivity index (χ4v) is 5.03. The highest BCUT2D eigenvalue weighted by Crippen LogP contribution is 2.33. The first-order valence-corrected chi connectivity index (χ1v) is 13.2. The van der Waals surface area contributed by atoms with E-state index in [0.717, 1.165) is 16.7 Å². The predicted octanol–water partition coefficient (Wildman–Crippen LogP) is 5.86. The molecular formula is C32H39NO4. The van der Waals surface area contributed by atoms with Crippen LogP contribution in [0.25, 0.3) is 0 Å². The number of Topliss-reactive ketones (excluding diaryl/α,β-unsaturated/α-hetero) is 1. The molecule has 3 aromatic carbocycles. The Labute approximate surface area is 221 Å². The minimum Gasteiger partial charge on any atom is -0.372 e. The van der Waals surface area contributed by atoms with Gasteiger partial charge in [-0.2, -0.15) is 0 Å². The molecule has 1 fully saturated rings. The molecule has 0 aliphatic carbocycles. The molecule has 1 aliphatic heterocycles. The molecule has 0 amide bonds. The second-order valence-electron chi connectivity index (χ2n) is 10.1. The summed E-state index contributed by atoms with van der Waals surface area (Å²) in [6.45, 7) is 7.56. The summed E-state index contributed by atoms with van der Waals surface area (Å²) in [5, 5.41) is 3.81. The van der Waals surface area contributed by atoms with Gasteiger partial charge >= 0.3 is 0 Å². The molecule has 1 saturated heterocycles. The van der Waals surface area contributed by atoms with Crippen molar-refractivity contribution in [3.63, 3.8) is 0 Å². The summed E-state index contributed by atoms with van der Waals surface area (Å²) in [4.78, 5) is 13.2. The van der Waals surface area contributed by atoms with E-state index in [1.807, 2.05) is 75.4 Å². The number of piperidine rings is 1. The molecule has 0 spiro atoms. The minimum atomic E-state index is -0.687. The normalized spacial score (nSPS) is 22.4. The standard InChI is InChI=1S/C32H39NO4/c1-24(35-21-27-13-7-4-8-14-27)31-19-30(34)20-32(33-31,25(2)36-22-28-15-9-5-10-16-28)26(3)37-23-29-17-11-6-12-18-29/h4-18,24-26,31,33H,19-23H2,1-3H3. The number of rotatable bonds is 12. The van der Waals surface area contributed by atoms with Crippen LogP contribution in [-0.4, -0.2) is 35.7 Å². The average Bonchev–Trinajstić information content (AvgIpc) is 2.94. The van der Waals surface area contributed by atoms with Gasteiger partial charge in [0, 0.05) is 18.9 Å². The third kappa shape index (κ3) is 7.36. The van der Waals surface area contributed by atoms with E-state index in [2.05, 4.69) is 41.7 Å². The lowest BCUT2D eigenvalue weighted by molar-refractivity contribution is -0.144. The van der Waals surface area contributed by atoms with Gasteiger partial charge in [0.25, 0.3) is 0 Å². The van der Waals surface area contributed by atoms with Gasteiger partial charge in [-0.3, -0.25) is 4.79 Å². The summed E-state index contributed by atoms with van der Waals surface area (Å²) >= 11 is 0. The molecule has 37 heavy (non-hydrogen) atoms. The predicted molar refractivity (Wildman–Crippen MR) is 146 cm³/mol. The number of hydrogen-bond acceptors (Lipinski definition) is 5. The third-order valence-electron chi connectivity index (χ3n) is 7.45. The van der Waals surface area contributed by atoms with Crippen molar-refractivity contribution >= 4 is 5.78 Å². The first kappa shape index (κ1) is 27.2. The molecule has 1 N–H and O–H groups in total. The fraction of sp³-hybridized carbons (Fsp3) is 0.406. The molecule has 0 radical (unpaired) electrons. The number of benzene rings is 3. The van der Waals surface area contributed by atoms with Gasteiger partial charge in [-0.25, -0.2) is 0 Å². The minimum absolute atomic E-state index is 0.143. The Morgan fingerprint density at radius 1 is 0.703 bits per heavy atom. The molecule has 5 nitrogen and oxygen atoms in total. The molecule has 0 saturated carbocycles. The second kappa shape index (κ2) is 13.1. The van der Waals surface area contributed by atoms with Gasteiger partial charge in [-0.05, 0) is 37.5 Å². The van der Waals surface area contributed by atoms with E-state index in [0.29, 0.717) is 32.7 Å². The third-order valence-corrected chi connectivity index (χ3v) is 7.45. The lowest BCUT2D eigenvalue weighted by atomic mass is 9.76. The zero-order valence-electron chi connectivity index (χ0n) is 22.1. The molecule has 3 aromatic rings. The number of carbonyl (C=O) groups excluding carboxylic acids is 1. The van der Waals surface area contributed by atoms with Crippen LogP contribution in [0.1, 0.15) is 50.3 Å². The van der Waals surface area contributed by atoms with E-state index in [9.17, 15) is 4.79 Å². The lowest BCUT2D eigenvalue weighted by Crippen LogP contribution is -2.69. The van der Waals surface area contributed by atoms with Crippen LogP contribution in [0, 0.1) is 0 Å². The van der Waals surface area contributed by atoms with Crippen LogP contribution >= 0.6 is 0 Å². The van der Waals surface area contributed by atoms with Crippen LogP contribution in [0.15, 0.2) is 91.0 Å². The molecular weight excluding hydrogens is 462 g/mol. The Balaban J connectivity index is 1.50. The Kier molecular flexibility index (Phi) is 9.64. The average molecular weight is 502 g/mol. The number of ether oxygens (including phenoxy) is 3. The van der Waals surface area contributed by atoms with Crippen molar-refractivity contribution in [2.24, 2.45) is 0 Å². The SMILES string of the molecule is CC(OCc1ccccc1)C1CC(=O)CC(C(C)OCc2ccccc2)(C(C)OCc2ccccc2)N1. The van der Waals surface area contributed by atoms with Crippen LogP contribution < -0.4 is 5.32 Å². The van der Waals surface area contributed by atoms with Gasteiger partial charge in [0.05, 0.1) is 43.7 Å². The highest BCUT2D eigenvalue weighted by Gasteiger charge is 2.50. The van der Waals surface area contributed by atoms with Crippen molar-refractivity contribution in [1.29, 1.82) is 0 Å². The van der Waals surface area contributed by atoms with E-state index in [1.165, 1.54) is 0 Å². The number of carbonyl (C=O) groups is 1. The fourth-order valence-electron chi connectivity index (χ4n) is 5.03.